The van der Waals surface area contributed by atoms with Gasteiger partial charge in [-0.1, -0.05) is 36.4 Å². The number of amides is 1. The van der Waals surface area contributed by atoms with Crippen molar-refractivity contribution in [1.29, 1.82) is 0 Å². The highest BCUT2D eigenvalue weighted by Crippen LogP contribution is 2.25. The number of nitrogens with zero attached hydrogens (tertiary/aromatic N) is 1. The third-order valence-corrected chi connectivity index (χ3v) is 6.16. The van der Waals surface area contributed by atoms with Gasteiger partial charge in [-0.2, -0.15) is 0 Å². The van der Waals surface area contributed by atoms with E-state index in [4.69, 9.17) is 4.74 Å². The number of anilines is 2. The van der Waals surface area contributed by atoms with Crippen LogP contribution < -0.4 is 14.4 Å². The number of hydrogen-bond donors (Lipinski definition) is 1. The zero-order chi connectivity index (χ0) is 23.3. The summed E-state index contributed by atoms with van der Waals surface area (Å²) in [5.41, 5.74) is 3.94. The van der Waals surface area contributed by atoms with E-state index in [2.05, 4.69) is 5.32 Å². The van der Waals surface area contributed by atoms with Crippen LogP contribution >= 0.6 is 0 Å². The van der Waals surface area contributed by atoms with Gasteiger partial charge < -0.3 is 10.1 Å². The Balaban J connectivity index is 1.70. The summed E-state index contributed by atoms with van der Waals surface area (Å²) in [5.74, 6) is 0.250. The molecule has 3 aromatic rings. The number of hydrogen-bond acceptors (Lipinski definition) is 4. The molecule has 3 aromatic carbocycles. The molecule has 3 rings (SSSR count). The zero-order valence-corrected chi connectivity index (χ0v) is 19.5. The molecule has 0 aliphatic heterocycles. The van der Waals surface area contributed by atoms with E-state index in [1.54, 1.807) is 43.3 Å². The topological polar surface area (TPSA) is 75.7 Å². The third kappa shape index (κ3) is 6.11. The van der Waals surface area contributed by atoms with Gasteiger partial charge in [-0.3, -0.25) is 9.10 Å². The Morgan fingerprint density at radius 1 is 0.969 bits per heavy atom. The summed E-state index contributed by atoms with van der Waals surface area (Å²) in [6.45, 7) is 5.81. The van der Waals surface area contributed by atoms with Crippen LogP contribution in [0.25, 0.3) is 0 Å². The van der Waals surface area contributed by atoms with Crippen molar-refractivity contribution in [3.05, 3.63) is 89.5 Å². The van der Waals surface area contributed by atoms with Crippen LogP contribution in [-0.4, -0.2) is 26.6 Å². The van der Waals surface area contributed by atoms with Crippen molar-refractivity contribution >= 4 is 27.3 Å². The van der Waals surface area contributed by atoms with E-state index >= 15 is 0 Å². The second-order valence-corrected chi connectivity index (χ2v) is 9.73. The summed E-state index contributed by atoms with van der Waals surface area (Å²) in [7, 11) is -3.68. The van der Waals surface area contributed by atoms with Gasteiger partial charge in [0, 0.05) is 5.69 Å². The van der Waals surface area contributed by atoms with Crippen molar-refractivity contribution in [2.24, 2.45) is 0 Å². The molecule has 7 heteroatoms. The van der Waals surface area contributed by atoms with Crippen molar-refractivity contribution in [3.8, 4) is 5.75 Å². The van der Waals surface area contributed by atoms with Crippen LogP contribution in [0.5, 0.6) is 5.75 Å². The fraction of sp³-hybridized carbons (Fsp3) is 0.240. The molecule has 0 aliphatic rings. The number of ether oxygens (including phenoxy) is 1. The van der Waals surface area contributed by atoms with Gasteiger partial charge in [0.25, 0.3) is 0 Å². The van der Waals surface area contributed by atoms with Gasteiger partial charge >= 0.3 is 0 Å². The molecule has 0 fully saturated rings. The Morgan fingerprint density at radius 3 is 2.12 bits per heavy atom. The van der Waals surface area contributed by atoms with Crippen molar-refractivity contribution in [2.45, 2.75) is 33.4 Å². The molecule has 0 aliphatic carbocycles. The lowest BCUT2D eigenvalue weighted by Crippen LogP contribution is -2.45. The van der Waals surface area contributed by atoms with E-state index in [1.807, 2.05) is 50.2 Å². The number of benzene rings is 3. The molecular weight excluding hydrogens is 424 g/mol. The second kappa shape index (κ2) is 9.87. The minimum Gasteiger partial charge on any atom is -0.489 e. The van der Waals surface area contributed by atoms with Crippen LogP contribution in [0, 0.1) is 13.8 Å². The summed E-state index contributed by atoms with van der Waals surface area (Å²) < 4.78 is 31.9. The van der Waals surface area contributed by atoms with Gasteiger partial charge in [-0.25, -0.2) is 8.42 Å². The van der Waals surface area contributed by atoms with E-state index in [-0.39, 0.29) is 0 Å². The van der Waals surface area contributed by atoms with E-state index in [1.165, 1.54) is 0 Å². The lowest BCUT2D eigenvalue weighted by atomic mass is 10.1. The molecule has 32 heavy (non-hydrogen) atoms. The molecule has 168 valence electrons. The molecule has 0 aromatic heterocycles. The molecular formula is C25H28N2O4S. The largest absolute Gasteiger partial charge is 0.489 e. The first kappa shape index (κ1) is 23.3. The second-order valence-electron chi connectivity index (χ2n) is 7.87. The normalized spacial score (nSPS) is 12.1. The predicted octanol–water partition coefficient (Wildman–Crippen LogP) is 4.68. The van der Waals surface area contributed by atoms with Crippen molar-refractivity contribution in [2.75, 3.05) is 15.9 Å². The van der Waals surface area contributed by atoms with Crippen LogP contribution in [0.3, 0.4) is 0 Å². The molecule has 1 amide bonds. The number of rotatable bonds is 8. The molecule has 0 bridgehead atoms. The number of nitrogens with one attached hydrogen (secondary N) is 1. The van der Waals surface area contributed by atoms with Crippen molar-refractivity contribution < 1.29 is 17.9 Å². The molecule has 6 nitrogen and oxygen atoms in total. The summed E-state index contributed by atoms with van der Waals surface area (Å²) >= 11 is 0. The average Bonchev–Trinajstić information content (AvgIpc) is 2.72. The van der Waals surface area contributed by atoms with E-state index in [0.29, 0.717) is 23.7 Å². The Morgan fingerprint density at radius 2 is 1.56 bits per heavy atom. The lowest BCUT2D eigenvalue weighted by molar-refractivity contribution is -0.116. The average molecular weight is 453 g/mol. The van der Waals surface area contributed by atoms with Crippen LogP contribution in [0.2, 0.25) is 0 Å². The molecule has 0 saturated carbocycles. The fourth-order valence-corrected chi connectivity index (χ4v) is 4.67. The first-order valence-corrected chi connectivity index (χ1v) is 12.1. The van der Waals surface area contributed by atoms with Gasteiger partial charge in [0.2, 0.25) is 15.9 Å². The molecule has 0 spiro atoms. The minimum atomic E-state index is -3.68. The monoisotopic (exact) mass is 452 g/mol. The molecule has 1 unspecified atom stereocenters. The van der Waals surface area contributed by atoms with Crippen LogP contribution in [-0.2, 0) is 21.4 Å². The standard InChI is InChI=1S/C25H28N2O4S/c1-18-14-19(2)16-23(15-18)27(32(4,29)30)20(3)25(28)26-22-10-12-24(13-11-22)31-17-21-8-6-5-7-9-21/h5-16,20H,17H2,1-4H3,(H,26,28). The molecule has 1 atom stereocenters. The highest BCUT2D eigenvalue weighted by Gasteiger charge is 2.29. The number of sulfonamides is 1. The van der Waals surface area contributed by atoms with Crippen LogP contribution in [0.1, 0.15) is 23.6 Å². The van der Waals surface area contributed by atoms with Gasteiger partial charge in [0.05, 0.1) is 11.9 Å². The number of carbonyl (C=O) groups is 1. The van der Waals surface area contributed by atoms with Gasteiger partial charge in [0.1, 0.15) is 18.4 Å². The maximum Gasteiger partial charge on any atom is 0.247 e. The van der Waals surface area contributed by atoms with Crippen LogP contribution in [0.4, 0.5) is 11.4 Å². The zero-order valence-electron chi connectivity index (χ0n) is 18.7. The molecule has 0 heterocycles. The van der Waals surface area contributed by atoms with E-state index < -0.39 is 22.0 Å². The smallest absolute Gasteiger partial charge is 0.247 e. The summed E-state index contributed by atoms with van der Waals surface area (Å²) in [6, 6.07) is 21.4. The summed E-state index contributed by atoms with van der Waals surface area (Å²) in [4.78, 5) is 12.9. The van der Waals surface area contributed by atoms with Crippen molar-refractivity contribution in [1.82, 2.24) is 0 Å². The minimum absolute atomic E-state index is 0.424. The Bertz CT molecular complexity index is 1160. The van der Waals surface area contributed by atoms with Crippen molar-refractivity contribution in [3.63, 3.8) is 0 Å². The Hall–Kier alpha value is -3.32. The number of carbonyl (C=O) groups excluding carboxylic acids is 1. The maximum absolute atomic E-state index is 12.9. The first-order valence-electron chi connectivity index (χ1n) is 10.3. The molecule has 0 saturated heterocycles. The maximum atomic E-state index is 12.9. The highest BCUT2D eigenvalue weighted by molar-refractivity contribution is 7.92. The highest BCUT2D eigenvalue weighted by atomic mass is 32.2. The van der Waals surface area contributed by atoms with Gasteiger partial charge in [-0.05, 0) is 73.9 Å². The van der Waals surface area contributed by atoms with E-state index in [0.717, 1.165) is 27.3 Å². The lowest BCUT2D eigenvalue weighted by Gasteiger charge is -2.28. The SMILES string of the molecule is Cc1cc(C)cc(N(C(C)C(=O)Nc2ccc(OCc3ccccc3)cc2)S(C)(=O)=O)c1. The van der Waals surface area contributed by atoms with E-state index in [9.17, 15) is 13.2 Å². The molecule has 1 N–H and O–H groups in total. The number of aryl methyl sites for hydroxylation is 2. The molecule has 0 radical (unpaired) electrons. The third-order valence-electron chi connectivity index (χ3n) is 4.92. The Kier molecular flexibility index (Phi) is 7.20. The first-order chi connectivity index (χ1) is 15.1. The quantitative estimate of drug-likeness (QED) is 0.539. The van der Waals surface area contributed by atoms with Gasteiger partial charge in [0.15, 0.2) is 0 Å². The Labute approximate surface area is 189 Å². The fourth-order valence-electron chi connectivity index (χ4n) is 3.51. The summed E-state index contributed by atoms with van der Waals surface area (Å²) in [5, 5.41) is 2.79. The van der Waals surface area contributed by atoms with Crippen LogP contribution in [0.15, 0.2) is 72.8 Å². The predicted molar refractivity (Wildman–Crippen MR) is 129 cm³/mol. The van der Waals surface area contributed by atoms with Gasteiger partial charge in [-0.15, -0.1) is 0 Å². The summed E-state index contributed by atoms with van der Waals surface area (Å²) in [6.07, 6.45) is 1.10.